The largest absolute Gasteiger partial charge is 0.239 e. The minimum atomic E-state index is -0.272. The second-order valence-electron chi connectivity index (χ2n) is 6.35. The van der Waals surface area contributed by atoms with Crippen LogP contribution in [0.2, 0.25) is 0 Å². The number of aliphatic imine (C=N–C) groups is 1. The van der Waals surface area contributed by atoms with Crippen molar-refractivity contribution in [2.24, 2.45) is 4.99 Å². The lowest BCUT2D eigenvalue weighted by Gasteiger charge is -2.24. The van der Waals surface area contributed by atoms with Gasteiger partial charge in [-0.3, -0.25) is 0 Å². The Hall–Kier alpha value is -2.82. The van der Waals surface area contributed by atoms with Crippen molar-refractivity contribution in [1.82, 2.24) is 9.78 Å². The minimum Gasteiger partial charge on any atom is -0.239 e. The Morgan fingerprint density at radius 2 is 1.52 bits per heavy atom. The van der Waals surface area contributed by atoms with E-state index in [0.717, 1.165) is 40.3 Å². The fourth-order valence-corrected chi connectivity index (χ4v) is 3.35. The molecule has 1 atom stereocenters. The van der Waals surface area contributed by atoms with Crippen LogP contribution in [0.15, 0.2) is 53.5 Å². The van der Waals surface area contributed by atoms with Gasteiger partial charge in [-0.2, -0.15) is 5.10 Å². The number of hydrogen-bond donors (Lipinski definition) is 0. The van der Waals surface area contributed by atoms with Gasteiger partial charge < -0.3 is 0 Å². The van der Waals surface area contributed by atoms with E-state index in [1.165, 1.54) is 24.3 Å². The molecule has 0 bridgehead atoms. The van der Waals surface area contributed by atoms with E-state index in [-0.39, 0.29) is 17.7 Å². The van der Waals surface area contributed by atoms with Gasteiger partial charge in [0.1, 0.15) is 11.6 Å². The second kappa shape index (κ2) is 5.92. The molecule has 25 heavy (non-hydrogen) atoms. The Kier molecular flexibility index (Phi) is 3.71. The van der Waals surface area contributed by atoms with Crippen molar-refractivity contribution >= 4 is 11.5 Å². The van der Waals surface area contributed by atoms with Gasteiger partial charge in [0.15, 0.2) is 5.82 Å². The Morgan fingerprint density at radius 1 is 0.920 bits per heavy atom. The summed E-state index contributed by atoms with van der Waals surface area (Å²) < 4.78 is 28.4. The molecule has 126 valence electrons. The van der Waals surface area contributed by atoms with Crippen LogP contribution in [0.25, 0.3) is 11.1 Å². The monoisotopic (exact) mass is 337 g/mol. The SMILES string of the molecule is CC1=Nc2c(-c3ccc(F)cc3)c(C)nn2[C@H](c2ccc(F)cc2)C1. The molecule has 0 unspecified atom stereocenters. The highest BCUT2D eigenvalue weighted by Crippen LogP contribution is 2.40. The van der Waals surface area contributed by atoms with E-state index in [1.807, 2.05) is 18.5 Å². The molecule has 2 aromatic carbocycles. The standard InChI is InChI=1S/C20H17F2N3/c1-12-11-18(14-3-7-16(21)8-4-14)25-20(23-12)19(13(2)24-25)15-5-9-17(22)10-6-15/h3-10,18H,11H2,1-2H3/t18-/m0/s1. The van der Waals surface area contributed by atoms with E-state index in [9.17, 15) is 8.78 Å². The molecule has 0 amide bonds. The molecule has 0 saturated carbocycles. The minimum absolute atomic E-state index is 0.0269. The van der Waals surface area contributed by atoms with Crippen LogP contribution in [-0.2, 0) is 0 Å². The van der Waals surface area contributed by atoms with E-state index in [0.29, 0.717) is 0 Å². The molecule has 4 rings (SSSR count). The van der Waals surface area contributed by atoms with E-state index >= 15 is 0 Å². The van der Waals surface area contributed by atoms with Crippen molar-refractivity contribution in [3.8, 4) is 11.1 Å². The zero-order valence-electron chi connectivity index (χ0n) is 14.0. The van der Waals surface area contributed by atoms with E-state index in [1.54, 1.807) is 24.3 Å². The molecule has 1 aliphatic heterocycles. The van der Waals surface area contributed by atoms with Gasteiger partial charge in [-0.05, 0) is 49.2 Å². The van der Waals surface area contributed by atoms with Crippen LogP contribution in [0.4, 0.5) is 14.6 Å². The van der Waals surface area contributed by atoms with Crippen LogP contribution in [0.1, 0.15) is 30.6 Å². The molecule has 1 aliphatic rings. The smallest absolute Gasteiger partial charge is 0.159 e. The van der Waals surface area contributed by atoms with Crippen LogP contribution in [0.5, 0.6) is 0 Å². The molecule has 0 N–H and O–H groups in total. The Balaban J connectivity index is 1.87. The molecular weight excluding hydrogens is 320 g/mol. The maximum atomic E-state index is 13.3. The fourth-order valence-electron chi connectivity index (χ4n) is 3.35. The summed E-state index contributed by atoms with van der Waals surface area (Å²) in [5.41, 5.74) is 4.62. The molecule has 0 spiro atoms. The Bertz CT molecular complexity index is 954. The summed E-state index contributed by atoms with van der Waals surface area (Å²) in [6, 6.07) is 12.8. The molecule has 0 fully saturated rings. The molecule has 0 aliphatic carbocycles. The van der Waals surface area contributed by atoms with Crippen molar-refractivity contribution in [3.63, 3.8) is 0 Å². The summed E-state index contributed by atoms with van der Waals surface area (Å²) in [4.78, 5) is 4.71. The van der Waals surface area contributed by atoms with Crippen molar-refractivity contribution in [3.05, 3.63) is 71.4 Å². The molecular formula is C20H17F2N3. The third-order valence-corrected chi connectivity index (χ3v) is 4.53. The number of aromatic nitrogens is 2. The van der Waals surface area contributed by atoms with Gasteiger partial charge in [-0.25, -0.2) is 18.5 Å². The zero-order chi connectivity index (χ0) is 17.6. The number of nitrogens with zero attached hydrogens (tertiary/aromatic N) is 3. The normalized spacial score (nSPS) is 16.5. The van der Waals surface area contributed by atoms with Gasteiger partial charge in [0.05, 0.1) is 11.7 Å². The van der Waals surface area contributed by atoms with Crippen LogP contribution in [0, 0.1) is 18.6 Å². The lowest BCUT2D eigenvalue weighted by atomic mass is 9.99. The maximum absolute atomic E-state index is 13.3. The van der Waals surface area contributed by atoms with E-state index < -0.39 is 0 Å². The summed E-state index contributed by atoms with van der Waals surface area (Å²) in [6.45, 7) is 3.91. The summed E-state index contributed by atoms with van der Waals surface area (Å²) in [6.07, 6.45) is 0.725. The van der Waals surface area contributed by atoms with Gasteiger partial charge in [0, 0.05) is 17.7 Å². The number of halogens is 2. The third kappa shape index (κ3) is 2.76. The summed E-state index contributed by atoms with van der Waals surface area (Å²) >= 11 is 0. The highest BCUT2D eigenvalue weighted by molar-refractivity contribution is 5.90. The average molecular weight is 337 g/mol. The first kappa shape index (κ1) is 15.7. The third-order valence-electron chi connectivity index (χ3n) is 4.53. The van der Waals surface area contributed by atoms with Crippen molar-refractivity contribution in [2.75, 3.05) is 0 Å². The van der Waals surface area contributed by atoms with E-state index in [2.05, 4.69) is 5.10 Å². The quantitative estimate of drug-likeness (QED) is 0.630. The number of benzene rings is 2. The molecule has 0 radical (unpaired) electrons. The summed E-state index contributed by atoms with van der Waals surface area (Å²) in [7, 11) is 0. The Labute approximate surface area is 144 Å². The lowest BCUT2D eigenvalue weighted by Crippen LogP contribution is -2.19. The first-order valence-corrected chi connectivity index (χ1v) is 8.17. The highest BCUT2D eigenvalue weighted by Gasteiger charge is 2.27. The van der Waals surface area contributed by atoms with Gasteiger partial charge in [0.25, 0.3) is 0 Å². The number of fused-ring (bicyclic) bond motifs is 1. The number of hydrogen-bond acceptors (Lipinski definition) is 2. The summed E-state index contributed by atoms with van der Waals surface area (Å²) in [5, 5.41) is 4.69. The van der Waals surface area contributed by atoms with Crippen molar-refractivity contribution in [2.45, 2.75) is 26.3 Å². The van der Waals surface area contributed by atoms with Crippen molar-refractivity contribution < 1.29 is 8.78 Å². The predicted molar refractivity (Wildman–Crippen MR) is 94.3 cm³/mol. The first-order valence-electron chi connectivity index (χ1n) is 8.17. The van der Waals surface area contributed by atoms with Crippen LogP contribution < -0.4 is 0 Å². The van der Waals surface area contributed by atoms with Gasteiger partial charge in [-0.1, -0.05) is 24.3 Å². The van der Waals surface area contributed by atoms with Crippen LogP contribution >= 0.6 is 0 Å². The number of rotatable bonds is 2. The average Bonchev–Trinajstić information content (AvgIpc) is 2.92. The first-order chi connectivity index (χ1) is 12.0. The molecule has 2 heterocycles. The topological polar surface area (TPSA) is 30.2 Å². The fraction of sp³-hybridized carbons (Fsp3) is 0.200. The predicted octanol–water partition coefficient (Wildman–Crippen LogP) is 5.22. The van der Waals surface area contributed by atoms with Crippen LogP contribution in [-0.4, -0.2) is 15.5 Å². The van der Waals surface area contributed by atoms with Gasteiger partial charge >= 0.3 is 0 Å². The zero-order valence-corrected chi connectivity index (χ0v) is 14.0. The molecule has 5 heteroatoms. The summed E-state index contributed by atoms with van der Waals surface area (Å²) in [5.74, 6) is 0.238. The highest BCUT2D eigenvalue weighted by atomic mass is 19.1. The molecule has 0 saturated heterocycles. The van der Waals surface area contributed by atoms with Gasteiger partial charge in [-0.15, -0.1) is 0 Å². The molecule has 3 nitrogen and oxygen atoms in total. The Morgan fingerprint density at radius 3 is 2.16 bits per heavy atom. The van der Waals surface area contributed by atoms with Crippen molar-refractivity contribution in [1.29, 1.82) is 0 Å². The molecule has 1 aromatic heterocycles. The van der Waals surface area contributed by atoms with Crippen LogP contribution in [0.3, 0.4) is 0 Å². The number of aryl methyl sites for hydroxylation is 1. The molecule has 3 aromatic rings. The second-order valence-corrected chi connectivity index (χ2v) is 6.35. The van der Waals surface area contributed by atoms with E-state index in [4.69, 9.17) is 4.99 Å². The maximum Gasteiger partial charge on any atom is 0.159 e. The van der Waals surface area contributed by atoms with Gasteiger partial charge in [0.2, 0.25) is 0 Å². The lowest BCUT2D eigenvalue weighted by molar-refractivity contribution is 0.526.